The van der Waals surface area contributed by atoms with E-state index in [9.17, 15) is 9.59 Å². The molecule has 2 N–H and O–H groups in total. The maximum Gasteiger partial charge on any atom is 0.280 e. The van der Waals surface area contributed by atoms with Crippen LogP contribution in [0.1, 0.15) is 10.5 Å². The second kappa shape index (κ2) is 6.10. The second-order valence-corrected chi connectivity index (χ2v) is 5.21. The molecule has 1 heterocycles. The number of anilines is 1. The lowest BCUT2D eigenvalue weighted by Crippen LogP contribution is -2.24. The van der Waals surface area contributed by atoms with Crippen molar-refractivity contribution >= 4 is 34.1 Å². The van der Waals surface area contributed by atoms with Crippen molar-refractivity contribution in [2.75, 3.05) is 12.4 Å². The van der Waals surface area contributed by atoms with E-state index >= 15 is 0 Å². The van der Waals surface area contributed by atoms with Gasteiger partial charge in [0.05, 0.1) is 18.0 Å². The fraction of sp³-hybridized carbons (Fsp3) is 0.0625. The predicted octanol–water partition coefficient (Wildman–Crippen LogP) is 2.84. The summed E-state index contributed by atoms with van der Waals surface area (Å²) in [5.74, 6) is -0.0173. The first-order valence-corrected chi connectivity index (χ1v) is 7.09. The molecule has 6 nitrogen and oxygen atoms in total. The summed E-state index contributed by atoms with van der Waals surface area (Å²) in [5, 5.41) is 9.87. The van der Waals surface area contributed by atoms with Crippen molar-refractivity contribution in [1.82, 2.24) is 10.2 Å². The predicted molar refractivity (Wildman–Crippen MR) is 88.3 cm³/mol. The van der Waals surface area contributed by atoms with Gasteiger partial charge in [0.2, 0.25) is 5.43 Å². The second-order valence-electron chi connectivity index (χ2n) is 4.78. The summed E-state index contributed by atoms with van der Waals surface area (Å²) in [7, 11) is 1.53. The first-order valence-electron chi connectivity index (χ1n) is 6.72. The first-order chi connectivity index (χ1) is 11.1. The minimum Gasteiger partial charge on any atom is -0.497 e. The average Bonchev–Trinajstić information content (AvgIpc) is 2.55. The monoisotopic (exact) mass is 329 g/mol. The van der Waals surface area contributed by atoms with E-state index in [1.165, 1.54) is 13.2 Å². The van der Waals surface area contributed by atoms with Gasteiger partial charge in [-0.2, -0.15) is 5.10 Å². The highest BCUT2D eigenvalue weighted by Crippen LogP contribution is 2.18. The molecule has 1 aromatic heterocycles. The van der Waals surface area contributed by atoms with E-state index in [1.807, 2.05) is 0 Å². The minimum atomic E-state index is -0.610. The summed E-state index contributed by atoms with van der Waals surface area (Å²) in [5.41, 5.74) is 0.295. The molecule has 3 aromatic rings. The van der Waals surface area contributed by atoms with E-state index in [2.05, 4.69) is 15.5 Å². The first kappa shape index (κ1) is 15.1. The summed E-state index contributed by atoms with van der Waals surface area (Å²) >= 11 is 5.90. The fourth-order valence-corrected chi connectivity index (χ4v) is 2.31. The molecule has 0 radical (unpaired) electrons. The number of fused-ring (bicyclic) bond motifs is 1. The quantitative estimate of drug-likeness (QED) is 0.774. The molecule has 0 aliphatic carbocycles. The average molecular weight is 330 g/mol. The van der Waals surface area contributed by atoms with E-state index in [-0.39, 0.29) is 5.69 Å². The molecule has 116 valence electrons. The number of aromatic nitrogens is 2. The molecular weight excluding hydrogens is 318 g/mol. The van der Waals surface area contributed by atoms with Crippen molar-refractivity contribution in [3.05, 3.63) is 63.4 Å². The van der Waals surface area contributed by atoms with Gasteiger partial charge in [-0.05, 0) is 30.3 Å². The number of nitrogens with one attached hydrogen (secondary N) is 2. The van der Waals surface area contributed by atoms with Gasteiger partial charge >= 0.3 is 0 Å². The molecule has 0 unspecified atom stereocenters. The summed E-state index contributed by atoms with van der Waals surface area (Å²) in [4.78, 5) is 24.7. The fourth-order valence-electron chi connectivity index (χ4n) is 2.14. The third-order valence-corrected chi connectivity index (χ3v) is 3.51. The zero-order valence-corrected chi connectivity index (χ0v) is 12.8. The van der Waals surface area contributed by atoms with E-state index in [1.54, 1.807) is 36.4 Å². The molecule has 2 aromatic carbocycles. The molecule has 0 aliphatic heterocycles. The van der Waals surface area contributed by atoms with Crippen molar-refractivity contribution in [2.45, 2.75) is 0 Å². The Labute approximate surface area is 136 Å². The van der Waals surface area contributed by atoms with Gasteiger partial charge in [0, 0.05) is 16.8 Å². The Kier molecular flexibility index (Phi) is 3.99. The number of rotatable bonds is 3. The van der Waals surface area contributed by atoms with Gasteiger partial charge in [0.15, 0.2) is 5.69 Å². The normalized spacial score (nSPS) is 10.5. The number of hydrogen-bond acceptors (Lipinski definition) is 4. The van der Waals surface area contributed by atoms with Gasteiger partial charge < -0.3 is 10.1 Å². The Bertz CT molecular complexity index is 953. The van der Waals surface area contributed by atoms with Crippen molar-refractivity contribution < 1.29 is 9.53 Å². The summed E-state index contributed by atoms with van der Waals surface area (Å²) < 4.78 is 5.09. The van der Waals surface area contributed by atoms with Gasteiger partial charge in [-0.25, -0.2) is 0 Å². The number of carbonyl (C=O) groups is 1. The molecule has 0 spiro atoms. The van der Waals surface area contributed by atoms with Crippen LogP contribution in [0.15, 0.2) is 47.3 Å². The molecule has 0 atom stereocenters. The number of amides is 1. The zero-order valence-electron chi connectivity index (χ0n) is 12.1. The number of halogens is 1. The van der Waals surface area contributed by atoms with E-state index in [0.717, 1.165) is 0 Å². The van der Waals surface area contributed by atoms with Crippen molar-refractivity contribution in [1.29, 1.82) is 0 Å². The van der Waals surface area contributed by atoms with Crippen LogP contribution in [-0.2, 0) is 0 Å². The molecule has 0 bridgehead atoms. The summed E-state index contributed by atoms with van der Waals surface area (Å²) in [6.07, 6.45) is 0. The van der Waals surface area contributed by atoms with E-state index in [4.69, 9.17) is 16.3 Å². The van der Waals surface area contributed by atoms with Crippen molar-refractivity contribution in [3.8, 4) is 5.75 Å². The molecule has 0 aliphatic rings. The Hall–Kier alpha value is -2.86. The molecular formula is C16H12ClN3O3. The van der Waals surface area contributed by atoms with Gasteiger partial charge in [-0.1, -0.05) is 17.7 Å². The maximum absolute atomic E-state index is 12.4. The Morgan fingerprint density at radius 1 is 1.26 bits per heavy atom. The summed E-state index contributed by atoms with van der Waals surface area (Å²) in [6.45, 7) is 0. The van der Waals surface area contributed by atoms with Crippen LogP contribution in [-0.4, -0.2) is 23.2 Å². The van der Waals surface area contributed by atoms with E-state index in [0.29, 0.717) is 27.4 Å². The van der Waals surface area contributed by atoms with Crippen LogP contribution in [0.4, 0.5) is 5.69 Å². The molecule has 23 heavy (non-hydrogen) atoms. The number of methoxy groups -OCH3 is 1. The highest BCUT2D eigenvalue weighted by molar-refractivity contribution is 6.31. The van der Waals surface area contributed by atoms with Gasteiger partial charge in [-0.3, -0.25) is 14.7 Å². The highest BCUT2D eigenvalue weighted by Gasteiger charge is 2.15. The highest BCUT2D eigenvalue weighted by atomic mass is 35.5. The molecule has 3 rings (SSSR count). The third-order valence-electron chi connectivity index (χ3n) is 3.27. The lowest BCUT2D eigenvalue weighted by molar-refractivity contribution is 0.102. The van der Waals surface area contributed by atoms with Crippen molar-refractivity contribution in [2.24, 2.45) is 0 Å². The number of ether oxygens (including phenoxy) is 1. The SMILES string of the molecule is COc1cccc(NC(=O)c2n[nH]c3ccc(Cl)cc3c2=O)c1. The molecule has 0 saturated heterocycles. The number of H-pyrrole nitrogens is 1. The number of aromatic amines is 1. The Morgan fingerprint density at radius 2 is 2.09 bits per heavy atom. The number of hydrogen-bond donors (Lipinski definition) is 2. The summed E-state index contributed by atoms with van der Waals surface area (Å²) in [6, 6.07) is 11.6. The van der Waals surface area contributed by atoms with Gasteiger partial charge in [0.1, 0.15) is 5.75 Å². The molecule has 1 amide bonds. The zero-order chi connectivity index (χ0) is 16.4. The van der Waals surface area contributed by atoms with Crippen LogP contribution >= 0.6 is 11.6 Å². The minimum absolute atomic E-state index is 0.234. The standard InChI is InChI=1S/C16H12ClN3O3/c1-23-11-4-2-3-10(8-11)18-16(22)14-15(21)12-7-9(17)5-6-13(12)19-20-14/h2-8H,1H3,(H,18,22)(H,19,21). The third kappa shape index (κ3) is 3.02. The lowest BCUT2D eigenvalue weighted by Gasteiger charge is -2.07. The van der Waals surface area contributed by atoms with Gasteiger partial charge in [0.25, 0.3) is 5.91 Å². The Balaban J connectivity index is 1.97. The van der Waals surface area contributed by atoms with Crippen LogP contribution in [0.25, 0.3) is 10.9 Å². The molecule has 7 heteroatoms. The van der Waals surface area contributed by atoms with Crippen molar-refractivity contribution in [3.63, 3.8) is 0 Å². The number of nitrogens with zero attached hydrogens (tertiary/aromatic N) is 1. The maximum atomic E-state index is 12.4. The van der Waals surface area contributed by atoms with Crippen LogP contribution < -0.4 is 15.5 Å². The van der Waals surface area contributed by atoms with Crippen LogP contribution in [0.3, 0.4) is 0 Å². The topological polar surface area (TPSA) is 84.1 Å². The smallest absolute Gasteiger partial charge is 0.280 e. The largest absolute Gasteiger partial charge is 0.497 e. The van der Waals surface area contributed by atoms with Crippen LogP contribution in [0.5, 0.6) is 5.75 Å². The lowest BCUT2D eigenvalue weighted by atomic mass is 10.2. The van der Waals surface area contributed by atoms with E-state index < -0.39 is 11.3 Å². The Morgan fingerprint density at radius 3 is 2.87 bits per heavy atom. The van der Waals surface area contributed by atoms with Gasteiger partial charge in [-0.15, -0.1) is 0 Å². The van der Waals surface area contributed by atoms with Crippen LogP contribution in [0.2, 0.25) is 5.02 Å². The number of benzene rings is 2. The van der Waals surface area contributed by atoms with Crippen LogP contribution in [0, 0.1) is 0 Å². The number of carbonyl (C=O) groups excluding carboxylic acids is 1. The molecule has 0 fully saturated rings. The molecule has 0 saturated carbocycles.